The third-order valence-electron chi connectivity index (χ3n) is 3.40. The third kappa shape index (κ3) is 3.83. The Morgan fingerprint density at radius 3 is 2.67 bits per heavy atom. The molecule has 2 rings (SSSR count). The van der Waals surface area contributed by atoms with Gasteiger partial charge in [0.15, 0.2) is 0 Å². The van der Waals surface area contributed by atoms with Crippen molar-refractivity contribution in [3.63, 3.8) is 0 Å². The molecule has 0 saturated carbocycles. The van der Waals surface area contributed by atoms with Gasteiger partial charge >= 0.3 is 0 Å². The average molecular weight is 305 g/mol. The number of nitrogens with one attached hydrogen (secondary N) is 2. The molecule has 0 aliphatic carbocycles. The van der Waals surface area contributed by atoms with Crippen molar-refractivity contribution in [1.29, 1.82) is 0 Å². The van der Waals surface area contributed by atoms with Crippen LogP contribution in [0.15, 0.2) is 41.8 Å². The van der Waals surface area contributed by atoms with Gasteiger partial charge in [0.1, 0.15) is 11.8 Å². The van der Waals surface area contributed by atoms with Gasteiger partial charge in [-0.15, -0.1) is 11.3 Å². The van der Waals surface area contributed by atoms with Gasteiger partial charge in [0.05, 0.1) is 38.2 Å². The van der Waals surface area contributed by atoms with Crippen molar-refractivity contribution >= 4 is 17.2 Å². The Labute approximate surface area is 129 Å². The van der Waals surface area contributed by atoms with Crippen molar-refractivity contribution < 1.29 is 14.4 Å². The van der Waals surface area contributed by atoms with Gasteiger partial charge in [-0.05, 0) is 23.6 Å². The molecule has 1 amide bonds. The molecule has 21 heavy (non-hydrogen) atoms. The molecule has 0 saturated heterocycles. The molecule has 1 aromatic heterocycles. The Hall–Kier alpha value is -1.85. The highest BCUT2D eigenvalue weighted by atomic mass is 32.1. The summed E-state index contributed by atoms with van der Waals surface area (Å²) in [5.41, 5.74) is 0.568. The predicted octanol–water partition coefficient (Wildman–Crippen LogP) is 1.37. The normalized spacial score (nSPS) is 12.2. The van der Waals surface area contributed by atoms with E-state index in [0.717, 1.165) is 0 Å². The summed E-state index contributed by atoms with van der Waals surface area (Å²) in [6, 6.07) is 11.7. The Bertz CT molecular complexity index is 582. The maximum atomic E-state index is 12.3. The van der Waals surface area contributed by atoms with Crippen LogP contribution >= 0.6 is 11.3 Å². The first-order chi connectivity index (χ1) is 10.1. The number of amides is 1. The molecule has 0 unspecified atom stereocenters. The molecule has 2 N–H and O–H groups in total. The van der Waals surface area contributed by atoms with Gasteiger partial charge in [0.25, 0.3) is 5.91 Å². The van der Waals surface area contributed by atoms with Crippen molar-refractivity contribution in [3.05, 3.63) is 52.2 Å². The minimum atomic E-state index is -0.102. The van der Waals surface area contributed by atoms with Crippen LogP contribution in [0.25, 0.3) is 0 Å². The highest BCUT2D eigenvalue weighted by Gasteiger charge is 2.20. The summed E-state index contributed by atoms with van der Waals surface area (Å²) in [5.74, 6) is 0.495. The molecule has 0 aliphatic heterocycles. The van der Waals surface area contributed by atoms with E-state index in [2.05, 4.69) is 30.9 Å². The zero-order valence-electron chi connectivity index (χ0n) is 12.6. The molecule has 1 atom stereocenters. The van der Waals surface area contributed by atoms with Crippen molar-refractivity contribution in [2.24, 2.45) is 0 Å². The van der Waals surface area contributed by atoms with Crippen molar-refractivity contribution in [3.8, 4) is 5.75 Å². The second-order valence-electron chi connectivity index (χ2n) is 5.06. The van der Waals surface area contributed by atoms with E-state index in [4.69, 9.17) is 4.74 Å². The van der Waals surface area contributed by atoms with E-state index in [0.29, 0.717) is 17.9 Å². The molecule has 0 radical (unpaired) electrons. The third-order valence-corrected chi connectivity index (χ3v) is 4.39. The standard InChI is InChI=1S/C16H20N2O2S/c1-18(2)13(15-9-6-10-21-15)11-17-16(19)12-7-4-5-8-14(12)20-3/h4-10,13H,11H2,1-3H3,(H,17,19)/p+1/t13-/m1/s1. The molecule has 2 aromatic rings. The molecule has 4 nitrogen and oxygen atoms in total. The molecule has 5 heteroatoms. The number of ether oxygens (including phenoxy) is 1. The summed E-state index contributed by atoms with van der Waals surface area (Å²) in [5, 5.41) is 5.07. The van der Waals surface area contributed by atoms with Gasteiger partial charge in [-0.25, -0.2) is 0 Å². The van der Waals surface area contributed by atoms with E-state index < -0.39 is 0 Å². The van der Waals surface area contributed by atoms with Crippen molar-refractivity contribution in [2.75, 3.05) is 27.7 Å². The van der Waals surface area contributed by atoms with Gasteiger partial charge in [0.2, 0.25) is 0 Å². The molecule has 1 heterocycles. The van der Waals surface area contributed by atoms with Crippen molar-refractivity contribution in [1.82, 2.24) is 5.32 Å². The first kappa shape index (κ1) is 15.5. The first-order valence-electron chi connectivity index (χ1n) is 6.88. The first-order valence-corrected chi connectivity index (χ1v) is 7.76. The lowest BCUT2D eigenvalue weighted by atomic mass is 10.1. The lowest BCUT2D eigenvalue weighted by Crippen LogP contribution is -3.06. The fourth-order valence-electron chi connectivity index (χ4n) is 2.20. The molecule has 0 spiro atoms. The van der Waals surface area contributed by atoms with Crippen LogP contribution in [0.4, 0.5) is 0 Å². The topological polar surface area (TPSA) is 42.8 Å². The molecule has 0 fully saturated rings. The van der Waals surface area contributed by atoms with Crippen LogP contribution < -0.4 is 15.0 Å². The van der Waals surface area contributed by atoms with Gasteiger partial charge < -0.3 is 15.0 Å². The molecule has 0 aliphatic rings. The summed E-state index contributed by atoms with van der Waals surface area (Å²) < 4.78 is 5.23. The molecular weight excluding hydrogens is 284 g/mol. The summed E-state index contributed by atoms with van der Waals surface area (Å²) in [4.78, 5) is 14.9. The van der Waals surface area contributed by atoms with Crippen LogP contribution in [0, 0.1) is 0 Å². The minimum Gasteiger partial charge on any atom is -0.496 e. The summed E-state index contributed by atoms with van der Waals surface area (Å²) in [6.45, 7) is 0.597. The predicted molar refractivity (Wildman–Crippen MR) is 85.2 cm³/mol. The van der Waals surface area contributed by atoms with Gasteiger partial charge in [-0.3, -0.25) is 4.79 Å². The minimum absolute atomic E-state index is 0.102. The Kier molecular flexibility index (Phi) is 5.36. The van der Waals surface area contributed by atoms with Crippen molar-refractivity contribution in [2.45, 2.75) is 6.04 Å². The van der Waals surface area contributed by atoms with Crippen LogP contribution in [0.3, 0.4) is 0 Å². The summed E-state index contributed by atoms with van der Waals surface area (Å²) >= 11 is 1.72. The second-order valence-corrected chi connectivity index (χ2v) is 6.03. The number of thiophene rings is 1. The number of rotatable bonds is 6. The monoisotopic (exact) mass is 305 g/mol. The zero-order chi connectivity index (χ0) is 15.2. The number of carbonyl (C=O) groups is 1. The number of likely N-dealkylation sites (N-methyl/N-ethyl adjacent to an activating group) is 1. The lowest BCUT2D eigenvalue weighted by Gasteiger charge is -2.21. The van der Waals surface area contributed by atoms with Gasteiger partial charge in [0, 0.05) is 0 Å². The van der Waals surface area contributed by atoms with Crippen LogP contribution in [-0.4, -0.2) is 33.7 Å². The largest absolute Gasteiger partial charge is 0.496 e. The van der Waals surface area contributed by atoms with Gasteiger partial charge in [-0.1, -0.05) is 18.2 Å². The van der Waals surface area contributed by atoms with E-state index in [-0.39, 0.29) is 11.9 Å². The Morgan fingerprint density at radius 1 is 1.29 bits per heavy atom. The number of hydrogen-bond donors (Lipinski definition) is 2. The molecule has 1 aromatic carbocycles. The van der Waals surface area contributed by atoms with Crippen LogP contribution in [0.2, 0.25) is 0 Å². The summed E-state index contributed by atoms with van der Waals surface area (Å²) in [6.07, 6.45) is 0. The van der Waals surface area contributed by atoms with Crippen LogP contribution in [0.5, 0.6) is 5.75 Å². The average Bonchev–Trinajstić information content (AvgIpc) is 3.01. The second kappa shape index (κ2) is 7.24. The number of hydrogen-bond acceptors (Lipinski definition) is 3. The molecule has 112 valence electrons. The SMILES string of the molecule is COc1ccccc1C(=O)NC[C@H](c1cccs1)[NH+](C)C. The van der Waals surface area contributed by atoms with Gasteiger partial charge in [-0.2, -0.15) is 0 Å². The number of methoxy groups -OCH3 is 1. The summed E-state index contributed by atoms with van der Waals surface area (Å²) in [7, 11) is 5.77. The van der Waals surface area contributed by atoms with E-state index in [9.17, 15) is 4.79 Å². The molecule has 0 bridgehead atoms. The highest BCUT2D eigenvalue weighted by molar-refractivity contribution is 7.10. The van der Waals surface area contributed by atoms with E-state index in [1.807, 2.05) is 18.2 Å². The van der Waals surface area contributed by atoms with E-state index >= 15 is 0 Å². The number of carbonyl (C=O) groups excluding carboxylic acids is 1. The number of para-hydroxylation sites is 1. The smallest absolute Gasteiger partial charge is 0.255 e. The quantitative estimate of drug-likeness (QED) is 0.846. The van der Waals surface area contributed by atoms with E-state index in [1.54, 1.807) is 30.6 Å². The Morgan fingerprint density at radius 2 is 2.05 bits per heavy atom. The fraction of sp³-hybridized carbons (Fsp3) is 0.312. The maximum Gasteiger partial charge on any atom is 0.255 e. The number of benzene rings is 1. The number of quaternary nitrogens is 1. The zero-order valence-corrected chi connectivity index (χ0v) is 13.4. The van der Waals surface area contributed by atoms with E-state index in [1.165, 1.54) is 9.78 Å². The fourth-order valence-corrected chi connectivity index (χ4v) is 3.16. The van der Waals surface area contributed by atoms with Crippen LogP contribution in [-0.2, 0) is 0 Å². The lowest BCUT2D eigenvalue weighted by molar-refractivity contribution is -0.890. The maximum absolute atomic E-state index is 12.3. The molecular formula is C16H21N2O2S+. The van der Waals surface area contributed by atoms with Crippen LogP contribution in [0.1, 0.15) is 21.3 Å². The Balaban J connectivity index is 2.06. The highest BCUT2D eigenvalue weighted by Crippen LogP contribution is 2.18.